The fourth-order valence-corrected chi connectivity index (χ4v) is 3.38. The van der Waals surface area contributed by atoms with Crippen molar-refractivity contribution in [3.8, 4) is 17.6 Å². The predicted octanol–water partition coefficient (Wildman–Crippen LogP) is 2.75. The minimum absolute atomic E-state index is 0.0382. The van der Waals surface area contributed by atoms with Crippen LogP contribution in [0.3, 0.4) is 0 Å². The molecule has 0 spiro atoms. The SMILES string of the molecule is N#CCc1ccc(OC[C@@H](O)COc2cccc(CC3(C(=O)O)CCCO3)c2)cc1. The second-order valence-corrected chi connectivity index (χ2v) is 7.33. The Labute approximate surface area is 175 Å². The average Bonchev–Trinajstić information content (AvgIpc) is 3.22. The van der Waals surface area contributed by atoms with Gasteiger partial charge in [0.2, 0.25) is 0 Å². The quantitative estimate of drug-likeness (QED) is 0.619. The molecule has 2 aromatic rings. The Morgan fingerprint density at radius 3 is 2.50 bits per heavy atom. The molecule has 3 rings (SSSR count). The number of rotatable bonds is 10. The highest BCUT2D eigenvalue weighted by Crippen LogP contribution is 2.31. The van der Waals surface area contributed by atoms with E-state index in [1.165, 1.54) is 0 Å². The van der Waals surface area contributed by atoms with Crippen molar-refractivity contribution in [2.24, 2.45) is 0 Å². The summed E-state index contributed by atoms with van der Waals surface area (Å²) in [5, 5.41) is 28.4. The number of aliphatic hydroxyl groups excluding tert-OH is 1. The van der Waals surface area contributed by atoms with Crippen LogP contribution in [0.5, 0.6) is 11.5 Å². The molecule has 0 saturated carbocycles. The van der Waals surface area contributed by atoms with Gasteiger partial charge in [-0.3, -0.25) is 0 Å². The fourth-order valence-electron chi connectivity index (χ4n) is 3.38. The van der Waals surface area contributed by atoms with E-state index in [0.717, 1.165) is 17.5 Å². The number of benzene rings is 2. The van der Waals surface area contributed by atoms with Crippen LogP contribution in [0, 0.1) is 11.3 Å². The van der Waals surface area contributed by atoms with Gasteiger partial charge in [-0.25, -0.2) is 4.79 Å². The van der Waals surface area contributed by atoms with Gasteiger partial charge in [-0.15, -0.1) is 0 Å². The number of carboxylic acids is 1. The van der Waals surface area contributed by atoms with Gasteiger partial charge < -0.3 is 24.4 Å². The molecule has 158 valence electrons. The van der Waals surface area contributed by atoms with E-state index >= 15 is 0 Å². The lowest BCUT2D eigenvalue weighted by atomic mass is 9.91. The molecule has 2 atom stereocenters. The molecular formula is C23H25NO6. The Morgan fingerprint density at radius 1 is 1.13 bits per heavy atom. The summed E-state index contributed by atoms with van der Waals surface area (Å²) in [6, 6.07) is 16.4. The van der Waals surface area contributed by atoms with E-state index in [2.05, 4.69) is 6.07 Å². The molecule has 30 heavy (non-hydrogen) atoms. The van der Waals surface area contributed by atoms with Crippen molar-refractivity contribution in [1.29, 1.82) is 5.26 Å². The second-order valence-electron chi connectivity index (χ2n) is 7.33. The monoisotopic (exact) mass is 411 g/mol. The summed E-state index contributed by atoms with van der Waals surface area (Å²) in [5.41, 5.74) is 0.538. The molecule has 7 nitrogen and oxygen atoms in total. The lowest BCUT2D eigenvalue weighted by Gasteiger charge is -2.23. The van der Waals surface area contributed by atoms with E-state index < -0.39 is 17.7 Å². The van der Waals surface area contributed by atoms with Crippen LogP contribution < -0.4 is 9.47 Å². The summed E-state index contributed by atoms with van der Waals surface area (Å²) in [5.74, 6) is 0.207. The zero-order valence-corrected chi connectivity index (χ0v) is 16.6. The van der Waals surface area contributed by atoms with Gasteiger partial charge in [0.1, 0.15) is 30.8 Å². The molecule has 2 aromatic carbocycles. The Bertz CT molecular complexity index is 883. The fraction of sp³-hybridized carbons (Fsp3) is 0.391. The first-order chi connectivity index (χ1) is 14.5. The van der Waals surface area contributed by atoms with Crippen LogP contribution in [0.4, 0.5) is 0 Å². The molecule has 0 aliphatic carbocycles. The van der Waals surface area contributed by atoms with Crippen molar-refractivity contribution in [2.75, 3.05) is 19.8 Å². The maximum absolute atomic E-state index is 11.7. The summed E-state index contributed by atoms with van der Waals surface area (Å²) in [7, 11) is 0. The van der Waals surface area contributed by atoms with Gasteiger partial charge in [0.25, 0.3) is 0 Å². The number of nitriles is 1. The third-order valence-corrected chi connectivity index (χ3v) is 4.97. The first kappa shape index (κ1) is 21.6. The smallest absolute Gasteiger partial charge is 0.336 e. The molecule has 1 fully saturated rings. The van der Waals surface area contributed by atoms with Gasteiger partial charge in [-0.2, -0.15) is 5.26 Å². The van der Waals surface area contributed by atoms with E-state index in [4.69, 9.17) is 19.5 Å². The molecule has 0 radical (unpaired) electrons. The van der Waals surface area contributed by atoms with Gasteiger partial charge in [-0.05, 0) is 48.2 Å². The third kappa shape index (κ3) is 5.72. The number of aliphatic carboxylic acids is 1. The number of aliphatic hydroxyl groups is 1. The number of nitrogens with zero attached hydrogens (tertiary/aromatic N) is 1. The van der Waals surface area contributed by atoms with E-state index in [1.807, 2.05) is 18.2 Å². The Kier molecular flexibility index (Phi) is 7.28. The maximum atomic E-state index is 11.7. The first-order valence-electron chi connectivity index (χ1n) is 9.86. The molecule has 2 N–H and O–H groups in total. The standard InChI is InChI=1S/C23H25NO6/c24-11-9-17-5-7-20(8-6-17)28-15-19(25)16-29-21-4-1-3-18(13-21)14-23(22(26)27)10-2-12-30-23/h1,3-8,13,19,25H,2,9-10,12,14-16H2,(H,26,27)/t19-,23?/m1/s1. The van der Waals surface area contributed by atoms with Crippen molar-refractivity contribution < 1.29 is 29.2 Å². The molecule has 7 heteroatoms. The molecular weight excluding hydrogens is 386 g/mol. The van der Waals surface area contributed by atoms with Crippen molar-refractivity contribution in [1.82, 2.24) is 0 Å². The Hall–Kier alpha value is -3.08. The topological polar surface area (TPSA) is 109 Å². The third-order valence-electron chi connectivity index (χ3n) is 4.97. The maximum Gasteiger partial charge on any atom is 0.336 e. The summed E-state index contributed by atoms with van der Waals surface area (Å²) < 4.78 is 16.7. The Morgan fingerprint density at radius 2 is 1.87 bits per heavy atom. The van der Waals surface area contributed by atoms with Crippen LogP contribution in [-0.4, -0.2) is 47.7 Å². The molecule has 1 saturated heterocycles. The van der Waals surface area contributed by atoms with Gasteiger partial charge in [0.05, 0.1) is 12.5 Å². The van der Waals surface area contributed by atoms with Crippen LogP contribution in [0.25, 0.3) is 0 Å². The molecule has 1 heterocycles. The molecule has 0 amide bonds. The van der Waals surface area contributed by atoms with Crippen LogP contribution in [0.1, 0.15) is 24.0 Å². The van der Waals surface area contributed by atoms with E-state index in [9.17, 15) is 15.0 Å². The minimum atomic E-state index is -1.17. The van der Waals surface area contributed by atoms with Gasteiger partial charge in [0.15, 0.2) is 5.60 Å². The van der Waals surface area contributed by atoms with Crippen molar-refractivity contribution in [2.45, 2.75) is 37.4 Å². The molecule has 0 aromatic heterocycles. The van der Waals surface area contributed by atoms with Crippen LogP contribution in [-0.2, 0) is 22.4 Å². The highest BCUT2D eigenvalue weighted by Gasteiger charge is 2.42. The molecule has 1 aliphatic rings. The predicted molar refractivity (Wildman–Crippen MR) is 108 cm³/mol. The summed E-state index contributed by atoms with van der Waals surface area (Å²) in [6.45, 7) is 0.555. The van der Waals surface area contributed by atoms with E-state index in [1.54, 1.807) is 30.3 Å². The zero-order chi connectivity index (χ0) is 21.4. The molecule has 1 aliphatic heterocycles. The van der Waals surface area contributed by atoms with E-state index in [-0.39, 0.29) is 19.6 Å². The normalized spacial score (nSPS) is 19.1. The highest BCUT2D eigenvalue weighted by molar-refractivity contribution is 5.78. The zero-order valence-electron chi connectivity index (χ0n) is 16.6. The average molecular weight is 411 g/mol. The summed E-state index contributed by atoms with van der Waals surface area (Å²) >= 11 is 0. The Balaban J connectivity index is 1.49. The van der Waals surface area contributed by atoms with Gasteiger partial charge >= 0.3 is 5.97 Å². The minimum Gasteiger partial charge on any atom is -0.491 e. The van der Waals surface area contributed by atoms with Crippen LogP contribution >= 0.6 is 0 Å². The summed E-state index contributed by atoms with van der Waals surface area (Å²) in [6.07, 6.45) is 0.995. The van der Waals surface area contributed by atoms with Crippen molar-refractivity contribution >= 4 is 5.97 Å². The molecule has 0 bridgehead atoms. The summed E-state index contributed by atoms with van der Waals surface area (Å²) in [4.78, 5) is 11.7. The number of hydrogen-bond donors (Lipinski definition) is 2. The highest BCUT2D eigenvalue weighted by atomic mass is 16.5. The number of ether oxygens (including phenoxy) is 3. The number of carboxylic acid groups (broad SMARTS) is 1. The second kappa shape index (κ2) is 10.1. The van der Waals surface area contributed by atoms with Crippen molar-refractivity contribution in [3.05, 3.63) is 59.7 Å². The van der Waals surface area contributed by atoms with Gasteiger partial charge in [-0.1, -0.05) is 24.3 Å². The lowest BCUT2D eigenvalue weighted by Crippen LogP contribution is -2.40. The van der Waals surface area contributed by atoms with Gasteiger partial charge in [0, 0.05) is 13.0 Å². The number of hydrogen-bond acceptors (Lipinski definition) is 6. The lowest BCUT2D eigenvalue weighted by molar-refractivity contribution is -0.159. The molecule has 1 unspecified atom stereocenters. The largest absolute Gasteiger partial charge is 0.491 e. The van der Waals surface area contributed by atoms with Crippen LogP contribution in [0.15, 0.2) is 48.5 Å². The number of carbonyl (C=O) groups is 1. The first-order valence-corrected chi connectivity index (χ1v) is 9.86. The van der Waals surface area contributed by atoms with Crippen molar-refractivity contribution in [3.63, 3.8) is 0 Å². The van der Waals surface area contributed by atoms with Crippen LogP contribution in [0.2, 0.25) is 0 Å². The van der Waals surface area contributed by atoms with E-state index in [0.29, 0.717) is 30.9 Å².